The second kappa shape index (κ2) is 10.4. The Kier molecular flexibility index (Phi) is 7.43. The summed E-state index contributed by atoms with van der Waals surface area (Å²) in [5.74, 6) is 0.800. The summed E-state index contributed by atoms with van der Waals surface area (Å²) in [5, 5.41) is 2.18. The van der Waals surface area contributed by atoms with Crippen LogP contribution < -0.4 is 15.0 Å². The molecule has 1 atom stereocenters. The van der Waals surface area contributed by atoms with Crippen LogP contribution in [0.4, 0.5) is 42.6 Å². The average Bonchev–Trinajstić information content (AvgIpc) is 3.30. The molecule has 15 heteroatoms. The first kappa shape index (κ1) is 26.4. The van der Waals surface area contributed by atoms with Crippen molar-refractivity contribution in [3.63, 3.8) is 0 Å². The molecule has 3 heterocycles. The highest BCUT2D eigenvalue weighted by molar-refractivity contribution is 6.99. The Morgan fingerprint density at radius 3 is 2.30 bits per heavy atom. The van der Waals surface area contributed by atoms with Crippen molar-refractivity contribution in [2.75, 3.05) is 29.9 Å². The van der Waals surface area contributed by atoms with E-state index in [1.165, 1.54) is 4.90 Å². The van der Waals surface area contributed by atoms with Crippen molar-refractivity contribution in [1.29, 1.82) is 0 Å². The first-order valence-corrected chi connectivity index (χ1v) is 11.6. The molecular formula is C22H20F6N6O2S. The second-order valence-corrected chi connectivity index (χ2v) is 8.78. The quantitative estimate of drug-likeness (QED) is 0.438. The Morgan fingerprint density at radius 1 is 1.05 bits per heavy atom. The smallest absolute Gasteiger partial charge is 0.416 e. The van der Waals surface area contributed by atoms with Crippen LogP contribution in [0.5, 0.6) is 5.88 Å². The monoisotopic (exact) mass is 546 g/mol. The van der Waals surface area contributed by atoms with Crippen molar-refractivity contribution in [2.24, 2.45) is 0 Å². The lowest BCUT2D eigenvalue weighted by Gasteiger charge is -2.39. The number of rotatable bonds is 5. The van der Waals surface area contributed by atoms with Gasteiger partial charge in [-0.15, -0.1) is 4.37 Å². The van der Waals surface area contributed by atoms with Gasteiger partial charge >= 0.3 is 18.4 Å². The van der Waals surface area contributed by atoms with Gasteiger partial charge in [-0.05, 0) is 42.8 Å². The summed E-state index contributed by atoms with van der Waals surface area (Å²) >= 11 is 0.956. The number of benzene rings is 1. The summed E-state index contributed by atoms with van der Waals surface area (Å²) in [6.45, 7) is 2.68. The molecule has 0 aliphatic carbocycles. The van der Waals surface area contributed by atoms with Crippen molar-refractivity contribution < 1.29 is 35.9 Å². The Morgan fingerprint density at radius 2 is 1.70 bits per heavy atom. The number of carbonyl (C=O) groups is 1. The summed E-state index contributed by atoms with van der Waals surface area (Å²) in [6, 6.07) is 3.28. The lowest BCUT2D eigenvalue weighted by Crippen LogP contribution is -2.55. The van der Waals surface area contributed by atoms with Crippen molar-refractivity contribution in [3.05, 3.63) is 59.4 Å². The van der Waals surface area contributed by atoms with E-state index >= 15 is 0 Å². The highest BCUT2D eigenvalue weighted by atomic mass is 32.1. The van der Waals surface area contributed by atoms with Gasteiger partial charge in [0.2, 0.25) is 5.82 Å². The van der Waals surface area contributed by atoms with Gasteiger partial charge in [0.15, 0.2) is 0 Å². The van der Waals surface area contributed by atoms with Crippen LogP contribution in [0.25, 0.3) is 0 Å². The van der Waals surface area contributed by atoms with E-state index in [4.69, 9.17) is 4.74 Å². The van der Waals surface area contributed by atoms with Crippen molar-refractivity contribution in [1.82, 2.24) is 18.6 Å². The number of aromatic nitrogens is 3. The van der Waals surface area contributed by atoms with E-state index in [1.54, 1.807) is 31.5 Å². The SMILES string of the molecule is C[C@@H]1CN(c2nsnc2OCc2ccncc2)CCN1C(=O)Nc1cc(C(F)(F)F)cc(C(F)(F)F)c1. The van der Waals surface area contributed by atoms with E-state index in [0.29, 0.717) is 36.9 Å². The Balaban J connectivity index is 1.42. The third-order valence-electron chi connectivity index (χ3n) is 5.59. The van der Waals surface area contributed by atoms with Crippen LogP contribution in [-0.2, 0) is 19.0 Å². The summed E-state index contributed by atoms with van der Waals surface area (Å²) in [7, 11) is 0. The van der Waals surface area contributed by atoms with Crippen LogP contribution in [0.3, 0.4) is 0 Å². The van der Waals surface area contributed by atoms with Crippen LogP contribution in [0, 0.1) is 0 Å². The molecular weight excluding hydrogens is 526 g/mol. The third-order valence-corrected chi connectivity index (χ3v) is 6.10. The van der Waals surface area contributed by atoms with Crippen molar-refractivity contribution in [3.8, 4) is 5.88 Å². The maximum absolute atomic E-state index is 13.1. The predicted octanol–water partition coefficient (Wildman–Crippen LogP) is 5.29. The number of hydrogen-bond donors (Lipinski definition) is 1. The lowest BCUT2D eigenvalue weighted by molar-refractivity contribution is -0.143. The van der Waals surface area contributed by atoms with Crippen LogP contribution in [0.1, 0.15) is 23.6 Å². The fourth-order valence-electron chi connectivity index (χ4n) is 3.76. The van der Waals surface area contributed by atoms with E-state index < -0.39 is 41.2 Å². The topological polar surface area (TPSA) is 83.5 Å². The van der Waals surface area contributed by atoms with Gasteiger partial charge in [0, 0.05) is 43.8 Å². The Hall–Kier alpha value is -3.62. The molecule has 1 aliphatic heterocycles. The molecule has 0 saturated carbocycles. The molecule has 1 N–H and O–H groups in total. The lowest BCUT2D eigenvalue weighted by atomic mass is 10.1. The first-order valence-electron chi connectivity index (χ1n) is 10.9. The normalized spacial score (nSPS) is 16.6. The molecule has 1 aromatic carbocycles. The van der Waals surface area contributed by atoms with Crippen LogP contribution in [0.15, 0.2) is 42.7 Å². The highest BCUT2D eigenvalue weighted by Crippen LogP contribution is 2.37. The number of hydrogen-bond acceptors (Lipinski definition) is 7. The molecule has 2 aromatic heterocycles. The fraction of sp³-hybridized carbons (Fsp3) is 0.364. The Labute approximate surface area is 211 Å². The van der Waals surface area contributed by atoms with Gasteiger partial charge in [0.1, 0.15) is 6.61 Å². The minimum atomic E-state index is -5.02. The number of amides is 2. The van der Waals surface area contributed by atoms with Gasteiger partial charge in [-0.1, -0.05) is 0 Å². The van der Waals surface area contributed by atoms with Gasteiger partial charge in [-0.2, -0.15) is 30.7 Å². The molecule has 1 aliphatic rings. The van der Waals surface area contributed by atoms with E-state index in [2.05, 4.69) is 19.0 Å². The predicted molar refractivity (Wildman–Crippen MR) is 122 cm³/mol. The van der Waals surface area contributed by atoms with Crippen LogP contribution in [0.2, 0.25) is 0 Å². The van der Waals surface area contributed by atoms with E-state index in [-0.39, 0.29) is 19.2 Å². The molecule has 1 saturated heterocycles. The number of carbonyl (C=O) groups excluding carboxylic acids is 1. The van der Waals surface area contributed by atoms with Crippen LogP contribution in [-0.4, -0.2) is 50.3 Å². The number of anilines is 2. The number of nitrogens with one attached hydrogen (secondary N) is 1. The van der Waals surface area contributed by atoms with Gasteiger partial charge in [0.05, 0.1) is 22.9 Å². The zero-order chi connectivity index (χ0) is 26.8. The highest BCUT2D eigenvalue weighted by Gasteiger charge is 2.37. The molecule has 8 nitrogen and oxygen atoms in total. The minimum absolute atomic E-state index is 0.00722. The van der Waals surface area contributed by atoms with Gasteiger partial charge < -0.3 is 19.9 Å². The largest absolute Gasteiger partial charge is 0.470 e. The maximum Gasteiger partial charge on any atom is 0.416 e. The van der Waals surface area contributed by atoms with Gasteiger partial charge in [0.25, 0.3) is 5.88 Å². The van der Waals surface area contributed by atoms with E-state index in [0.717, 1.165) is 17.3 Å². The van der Waals surface area contributed by atoms with Crippen molar-refractivity contribution in [2.45, 2.75) is 31.9 Å². The minimum Gasteiger partial charge on any atom is -0.470 e. The van der Waals surface area contributed by atoms with Gasteiger partial charge in [-0.3, -0.25) is 4.98 Å². The molecule has 0 bridgehead atoms. The fourth-order valence-corrected chi connectivity index (χ4v) is 4.28. The third kappa shape index (κ3) is 6.39. The summed E-state index contributed by atoms with van der Waals surface area (Å²) < 4.78 is 93.0. The average molecular weight is 546 g/mol. The standard InChI is InChI=1S/C22H20F6N6O2S/c1-13-11-33(18-19(32-37-31-18)36-12-14-2-4-29-5-3-14)6-7-34(13)20(35)30-17-9-15(21(23,24)25)8-16(10-17)22(26,27)28/h2-5,8-10,13H,6-7,11-12H2,1H3,(H,30,35)/t13-/m1/s1. The number of alkyl halides is 6. The number of urea groups is 1. The molecule has 0 radical (unpaired) electrons. The molecule has 4 rings (SSSR count). The van der Waals surface area contributed by atoms with E-state index in [1.807, 2.05) is 4.90 Å². The molecule has 37 heavy (non-hydrogen) atoms. The maximum atomic E-state index is 13.1. The zero-order valence-corrected chi connectivity index (χ0v) is 20.0. The zero-order valence-electron chi connectivity index (χ0n) is 19.2. The number of ether oxygens (including phenoxy) is 1. The summed E-state index contributed by atoms with van der Waals surface area (Å²) in [6.07, 6.45) is -6.76. The molecule has 3 aromatic rings. The molecule has 198 valence electrons. The number of nitrogens with zero attached hydrogens (tertiary/aromatic N) is 5. The van der Waals surface area contributed by atoms with Crippen molar-refractivity contribution >= 4 is 29.3 Å². The molecule has 2 amide bonds. The van der Waals surface area contributed by atoms with Gasteiger partial charge in [-0.25, -0.2) is 4.79 Å². The molecule has 0 unspecified atom stereocenters. The second-order valence-electron chi connectivity index (χ2n) is 8.25. The summed E-state index contributed by atoms with van der Waals surface area (Å²) in [4.78, 5) is 19.9. The number of piperazine rings is 1. The molecule has 1 fully saturated rings. The number of pyridine rings is 1. The first-order chi connectivity index (χ1) is 17.4. The van der Waals surface area contributed by atoms with E-state index in [9.17, 15) is 31.1 Å². The molecule has 0 spiro atoms. The summed E-state index contributed by atoms with van der Waals surface area (Å²) in [5.41, 5.74) is -2.74. The Bertz CT molecular complexity index is 1200. The number of halogens is 6. The van der Waals surface area contributed by atoms with Crippen LogP contribution >= 0.6 is 11.7 Å².